The number of benzene rings is 2. The van der Waals surface area contributed by atoms with Crippen LogP contribution >= 0.6 is 0 Å². The van der Waals surface area contributed by atoms with Gasteiger partial charge in [-0.3, -0.25) is 4.90 Å². The number of rotatable bonds is 6. The first-order valence-corrected chi connectivity index (χ1v) is 10.6. The van der Waals surface area contributed by atoms with Gasteiger partial charge in [-0.15, -0.1) is 0 Å². The first kappa shape index (κ1) is 19.3. The normalized spacial score (nSPS) is 21.1. The van der Waals surface area contributed by atoms with E-state index in [9.17, 15) is 0 Å². The summed E-state index contributed by atoms with van der Waals surface area (Å²) in [6.45, 7) is 4.58. The predicted octanol–water partition coefficient (Wildman–Crippen LogP) is 3.31. The van der Waals surface area contributed by atoms with Crippen LogP contribution in [0.3, 0.4) is 0 Å². The number of hydrogen-bond acceptors (Lipinski definition) is 5. The molecule has 0 saturated carbocycles. The van der Waals surface area contributed by atoms with E-state index in [0.29, 0.717) is 6.61 Å². The van der Waals surface area contributed by atoms with Gasteiger partial charge in [0.25, 0.3) is 0 Å². The Morgan fingerprint density at radius 1 is 1.07 bits per heavy atom. The average molecular weight is 408 g/mol. The van der Waals surface area contributed by atoms with Gasteiger partial charge < -0.3 is 24.5 Å². The molecule has 0 amide bonds. The average Bonchev–Trinajstić information content (AvgIpc) is 3.36. The molecule has 3 aromatic rings. The second-order valence-corrected chi connectivity index (χ2v) is 8.17. The summed E-state index contributed by atoms with van der Waals surface area (Å²) in [5, 5.41) is 5.13. The number of hydrogen-bond donors (Lipinski definition) is 2. The molecule has 0 aliphatic carbocycles. The molecule has 2 aliphatic heterocycles. The molecule has 30 heavy (non-hydrogen) atoms. The van der Waals surface area contributed by atoms with E-state index in [4.69, 9.17) is 14.2 Å². The molecule has 5 rings (SSSR count). The maximum Gasteiger partial charge on any atom is 0.161 e. The first-order chi connectivity index (χ1) is 14.7. The lowest BCUT2D eigenvalue weighted by Gasteiger charge is -2.35. The number of aromatic amines is 1. The van der Waals surface area contributed by atoms with Gasteiger partial charge in [-0.25, -0.2) is 0 Å². The topological polar surface area (TPSA) is 58.8 Å². The van der Waals surface area contributed by atoms with E-state index in [0.717, 1.165) is 56.3 Å². The minimum Gasteiger partial charge on any atom is -0.497 e. The quantitative estimate of drug-likeness (QED) is 0.657. The third-order valence-corrected chi connectivity index (χ3v) is 6.51. The van der Waals surface area contributed by atoms with Crippen molar-refractivity contribution in [3.8, 4) is 17.2 Å². The van der Waals surface area contributed by atoms with Crippen molar-refractivity contribution in [3.05, 3.63) is 53.7 Å². The molecular weight excluding hydrogens is 378 g/mol. The molecule has 2 aliphatic rings. The molecule has 1 unspecified atom stereocenters. The number of ether oxygens (including phenoxy) is 3. The van der Waals surface area contributed by atoms with Crippen LogP contribution in [-0.2, 0) is 12.0 Å². The SMILES string of the molecule is COc1ccc2[nH]c3c(c2c1)CCNC31CCN(CCOc2ccccc2OC)C1. The second-order valence-electron chi connectivity index (χ2n) is 8.17. The molecule has 3 heterocycles. The predicted molar refractivity (Wildman–Crippen MR) is 118 cm³/mol. The van der Waals surface area contributed by atoms with Gasteiger partial charge in [-0.05, 0) is 48.7 Å². The van der Waals surface area contributed by atoms with E-state index in [1.807, 2.05) is 30.3 Å². The monoisotopic (exact) mass is 407 g/mol. The molecule has 2 aromatic carbocycles. The van der Waals surface area contributed by atoms with Gasteiger partial charge in [-0.1, -0.05) is 12.1 Å². The summed E-state index contributed by atoms with van der Waals surface area (Å²) in [7, 11) is 3.40. The van der Waals surface area contributed by atoms with Crippen molar-refractivity contribution in [3.63, 3.8) is 0 Å². The highest BCUT2D eigenvalue weighted by Crippen LogP contribution is 2.40. The van der Waals surface area contributed by atoms with E-state index >= 15 is 0 Å². The number of methoxy groups -OCH3 is 2. The Bertz CT molecular complexity index is 1050. The van der Waals surface area contributed by atoms with Crippen molar-refractivity contribution >= 4 is 10.9 Å². The minimum atomic E-state index is -0.00965. The zero-order chi connectivity index (χ0) is 20.6. The highest BCUT2D eigenvalue weighted by molar-refractivity contribution is 5.86. The third-order valence-electron chi connectivity index (χ3n) is 6.51. The second kappa shape index (κ2) is 7.85. The Kier molecular flexibility index (Phi) is 5.05. The van der Waals surface area contributed by atoms with E-state index in [1.165, 1.54) is 22.2 Å². The summed E-state index contributed by atoms with van der Waals surface area (Å²) in [6, 6.07) is 14.1. The molecule has 1 atom stereocenters. The van der Waals surface area contributed by atoms with Gasteiger partial charge >= 0.3 is 0 Å². The van der Waals surface area contributed by atoms with Crippen LogP contribution in [0.1, 0.15) is 17.7 Å². The van der Waals surface area contributed by atoms with E-state index in [2.05, 4.69) is 27.3 Å². The molecule has 1 fully saturated rings. The Morgan fingerprint density at radius 3 is 2.77 bits per heavy atom. The number of likely N-dealkylation sites (tertiary alicyclic amines) is 1. The van der Waals surface area contributed by atoms with Crippen LogP contribution in [0.2, 0.25) is 0 Å². The maximum atomic E-state index is 6.00. The number of fused-ring (bicyclic) bond motifs is 4. The van der Waals surface area contributed by atoms with Crippen LogP contribution in [0.25, 0.3) is 10.9 Å². The van der Waals surface area contributed by atoms with E-state index in [-0.39, 0.29) is 5.54 Å². The summed E-state index contributed by atoms with van der Waals surface area (Å²) in [4.78, 5) is 6.21. The molecule has 0 bridgehead atoms. The van der Waals surface area contributed by atoms with Crippen molar-refractivity contribution < 1.29 is 14.2 Å². The van der Waals surface area contributed by atoms with Crippen LogP contribution < -0.4 is 19.5 Å². The van der Waals surface area contributed by atoms with E-state index < -0.39 is 0 Å². The smallest absolute Gasteiger partial charge is 0.161 e. The Morgan fingerprint density at radius 2 is 1.93 bits per heavy atom. The summed E-state index contributed by atoms with van der Waals surface area (Å²) in [5.74, 6) is 2.50. The molecule has 1 aromatic heterocycles. The van der Waals surface area contributed by atoms with Crippen molar-refractivity contribution in [1.82, 2.24) is 15.2 Å². The van der Waals surface area contributed by atoms with Crippen LogP contribution in [0, 0.1) is 0 Å². The molecule has 1 spiro atoms. The number of H-pyrrole nitrogens is 1. The number of aromatic nitrogens is 1. The fourth-order valence-corrected chi connectivity index (χ4v) is 4.99. The molecule has 1 saturated heterocycles. The van der Waals surface area contributed by atoms with Crippen LogP contribution in [-0.4, -0.2) is 56.9 Å². The zero-order valence-electron chi connectivity index (χ0n) is 17.7. The summed E-state index contributed by atoms with van der Waals surface area (Å²) < 4.78 is 16.8. The molecule has 158 valence electrons. The lowest BCUT2D eigenvalue weighted by atomic mass is 9.86. The Balaban J connectivity index is 1.31. The van der Waals surface area contributed by atoms with Gasteiger partial charge in [0, 0.05) is 42.8 Å². The summed E-state index contributed by atoms with van der Waals surface area (Å²) in [5.41, 5.74) is 3.98. The molecule has 2 N–H and O–H groups in total. The van der Waals surface area contributed by atoms with Crippen LogP contribution in [0.5, 0.6) is 17.2 Å². The zero-order valence-corrected chi connectivity index (χ0v) is 17.7. The number of nitrogens with zero attached hydrogens (tertiary/aromatic N) is 1. The largest absolute Gasteiger partial charge is 0.497 e. The Labute approximate surface area is 177 Å². The first-order valence-electron chi connectivity index (χ1n) is 10.6. The maximum absolute atomic E-state index is 6.00. The van der Waals surface area contributed by atoms with Gasteiger partial charge in [0.1, 0.15) is 12.4 Å². The van der Waals surface area contributed by atoms with Crippen molar-refractivity contribution in [1.29, 1.82) is 0 Å². The molecule has 6 nitrogen and oxygen atoms in total. The van der Waals surface area contributed by atoms with Gasteiger partial charge in [0.15, 0.2) is 11.5 Å². The highest BCUT2D eigenvalue weighted by atomic mass is 16.5. The molecule has 6 heteroatoms. The summed E-state index contributed by atoms with van der Waals surface area (Å²) >= 11 is 0. The van der Waals surface area contributed by atoms with E-state index in [1.54, 1.807) is 14.2 Å². The molecular formula is C24H29N3O3. The van der Waals surface area contributed by atoms with Crippen molar-refractivity contribution in [2.24, 2.45) is 0 Å². The number of para-hydroxylation sites is 2. The lowest BCUT2D eigenvalue weighted by molar-refractivity contribution is 0.213. The molecule has 0 radical (unpaired) electrons. The van der Waals surface area contributed by atoms with Gasteiger partial charge in [0.05, 0.1) is 19.8 Å². The fourth-order valence-electron chi connectivity index (χ4n) is 4.99. The standard InChI is InChI=1S/C24H29N3O3/c1-28-17-7-8-20-19(15-17)18-9-11-25-24(23(18)26-20)10-12-27(16-24)13-14-30-22-6-4-3-5-21(22)29-2/h3-8,15,25-26H,9-14,16H2,1-2H3. The van der Waals surface area contributed by atoms with Crippen molar-refractivity contribution in [2.45, 2.75) is 18.4 Å². The highest BCUT2D eigenvalue weighted by Gasteiger charge is 2.43. The van der Waals surface area contributed by atoms with Gasteiger partial charge in [-0.2, -0.15) is 0 Å². The van der Waals surface area contributed by atoms with Crippen LogP contribution in [0.4, 0.5) is 0 Å². The summed E-state index contributed by atoms with van der Waals surface area (Å²) in [6.07, 6.45) is 2.14. The lowest BCUT2D eigenvalue weighted by Crippen LogP contribution is -2.49. The minimum absolute atomic E-state index is 0.00965. The number of nitrogens with one attached hydrogen (secondary N) is 2. The fraction of sp³-hybridized carbons (Fsp3) is 0.417. The Hall–Kier alpha value is -2.70. The third kappa shape index (κ3) is 3.30. The van der Waals surface area contributed by atoms with Crippen molar-refractivity contribution in [2.75, 3.05) is 47.0 Å². The van der Waals surface area contributed by atoms with Crippen LogP contribution in [0.15, 0.2) is 42.5 Å². The van der Waals surface area contributed by atoms with Gasteiger partial charge in [0.2, 0.25) is 0 Å².